The van der Waals surface area contributed by atoms with Crippen LogP contribution >= 0.6 is 0 Å². The topological polar surface area (TPSA) is 150 Å². The minimum atomic E-state index is -0.733. The first-order valence-corrected chi connectivity index (χ1v) is 7.27. The Morgan fingerprint density at radius 3 is 1.81 bits per heavy atom. The van der Waals surface area contributed by atoms with Gasteiger partial charge in [-0.15, -0.1) is 0 Å². The predicted molar refractivity (Wildman–Crippen MR) is 93.4 cm³/mol. The summed E-state index contributed by atoms with van der Waals surface area (Å²) in [5.41, 5.74) is 5.15. The van der Waals surface area contributed by atoms with Gasteiger partial charge in [-0.2, -0.15) is 0 Å². The lowest BCUT2D eigenvalue weighted by Gasteiger charge is -2.17. The van der Waals surface area contributed by atoms with Gasteiger partial charge in [0.1, 0.15) is 11.4 Å². The number of nitrogen functional groups attached to an aromatic ring is 1. The fourth-order valence-corrected chi connectivity index (χ4v) is 2.48. The molecule has 2 amide bonds. The number of nitrogens with zero attached hydrogens (tertiary/aromatic N) is 3. The number of carbonyl (C=O) groups excluding carboxylic acids is 2. The van der Waals surface area contributed by atoms with Crippen molar-refractivity contribution < 1.29 is 19.4 Å². The van der Waals surface area contributed by atoms with Crippen LogP contribution in [0.25, 0.3) is 11.1 Å². The normalized spacial score (nSPS) is 10.2. The molecule has 0 fully saturated rings. The van der Waals surface area contributed by atoms with E-state index in [-0.39, 0.29) is 17.1 Å². The molecule has 10 nitrogen and oxygen atoms in total. The molecule has 0 atom stereocenters. The molecule has 134 valence electrons. The van der Waals surface area contributed by atoms with E-state index in [1.54, 1.807) is 0 Å². The lowest BCUT2D eigenvalue weighted by atomic mass is 10.0. The van der Waals surface area contributed by atoms with Gasteiger partial charge in [-0.25, -0.2) is 4.90 Å². The molecule has 2 aromatic carbocycles. The van der Waals surface area contributed by atoms with Gasteiger partial charge in [-0.1, -0.05) is 12.1 Å². The molecule has 0 spiro atoms. The molecule has 0 saturated carbocycles. The van der Waals surface area contributed by atoms with Crippen molar-refractivity contribution in [2.75, 3.05) is 10.6 Å². The second kappa shape index (κ2) is 6.97. The molecule has 2 rings (SSSR count). The predicted octanol–water partition coefficient (Wildman–Crippen LogP) is 2.65. The lowest BCUT2D eigenvalue weighted by molar-refractivity contribution is -0.384. The molecule has 2 aromatic rings. The second-order valence-corrected chi connectivity index (χ2v) is 5.36. The Kier molecular flexibility index (Phi) is 4.96. The highest BCUT2D eigenvalue weighted by molar-refractivity contribution is 6.14. The van der Waals surface area contributed by atoms with Crippen LogP contribution in [0.15, 0.2) is 36.4 Å². The van der Waals surface area contributed by atoms with E-state index in [2.05, 4.69) is 0 Å². The van der Waals surface area contributed by atoms with Gasteiger partial charge in [-0.05, 0) is 23.3 Å². The Balaban J connectivity index is 2.65. The summed E-state index contributed by atoms with van der Waals surface area (Å²) in [5, 5.41) is 22.4. The van der Waals surface area contributed by atoms with E-state index in [0.717, 1.165) is 19.9 Å². The number of nitro groups is 2. The Hall–Kier alpha value is -3.82. The summed E-state index contributed by atoms with van der Waals surface area (Å²) in [4.78, 5) is 45.1. The average molecular weight is 358 g/mol. The number of carbonyl (C=O) groups is 2. The second-order valence-electron chi connectivity index (χ2n) is 5.36. The number of nitrogens with two attached hydrogens (primary N) is 1. The van der Waals surface area contributed by atoms with Crippen LogP contribution in [-0.2, 0) is 9.59 Å². The molecule has 26 heavy (non-hydrogen) atoms. The zero-order valence-corrected chi connectivity index (χ0v) is 13.8. The van der Waals surface area contributed by atoms with Gasteiger partial charge in [-0.3, -0.25) is 29.8 Å². The van der Waals surface area contributed by atoms with Gasteiger partial charge in [0.15, 0.2) is 0 Å². The summed E-state index contributed by atoms with van der Waals surface area (Å²) >= 11 is 0. The molecule has 0 unspecified atom stereocenters. The third-order valence-corrected chi connectivity index (χ3v) is 3.60. The summed E-state index contributed by atoms with van der Waals surface area (Å²) in [6, 6.07) is 7.82. The van der Waals surface area contributed by atoms with Crippen LogP contribution in [0, 0.1) is 20.2 Å². The Labute approximate surface area is 147 Å². The fraction of sp³-hybridized carbons (Fsp3) is 0.125. The maximum Gasteiger partial charge on any atom is 0.294 e. The average Bonchev–Trinajstić information content (AvgIpc) is 2.54. The summed E-state index contributed by atoms with van der Waals surface area (Å²) in [6.07, 6.45) is 0. The molecular formula is C16H14N4O6. The highest BCUT2D eigenvalue weighted by Crippen LogP contribution is 2.35. The standard InChI is InChI=1S/C16H14N4O6/c1-9(21)18(10(2)22)14-6-4-12(8-16(14)20(25)26)11-3-5-13(17)15(7-11)19(23)24/h3-8H,17H2,1-2H3. The number of nitro benzene ring substituents is 2. The maximum atomic E-state index is 11.7. The summed E-state index contributed by atoms with van der Waals surface area (Å²) in [5.74, 6) is -1.34. The minimum Gasteiger partial charge on any atom is -0.393 e. The third kappa shape index (κ3) is 3.48. The molecule has 0 saturated heterocycles. The van der Waals surface area contributed by atoms with Crippen molar-refractivity contribution in [3.8, 4) is 11.1 Å². The van der Waals surface area contributed by atoms with Crippen molar-refractivity contribution in [3.63, 3.8) is 0 Å². The van der Waals surface area contributed by atoms with E-state index >= 15 is 0 Å². The van der Waals surface area contributed by atoms with Crippen molar-refractivity contribution >= 4 is 34.6 Å². The number of hydrogen-bond acceptors (Lipinski definition) is 7. The van der Waals surface area contributed by atoms with E-state index < -0.39 is 27.3 Å². The monoisotopic (exact) mass is 358 g/mol. The van der Waals surface area contributed by atoms with Crippen molar-refractivity contribution in [2.24, 2.45) is 0 Å². The van der Waals surface area contributed by atoms with Gasteiger partial charge in [0.05, 0.1) is 9.85 Å². The quantitative estimate of drug-likeness (QED) is 0.501. The molecule has 2 N–H and O–H groups in total. The molecular weight excluding hydrogens is 344 g/mol. The van der Waals surface area contributed by atoms with Crippen LogP contribution in [0.5, 0.6) is 0 Å². The number of imide groups is 1. The molecule has 0 bridgehead atoms. The summed E-state index contributed by atoms with van der Waals surface area (Å²) in [7, 11) is 0. The number of hydrogen-bond donors (Lipinski definition) is 1. The van der Waals surface area contributed by atoms with Crippen molar-refractivity contribution in [3.05, 3.63) is 56.6 Å². The van der Waals surface area contributed by atoms with Gasteiger partial charge in [0.2, 0.25) is 11.8 Å². The van der Waals surface area contributed by atoms with Crippen LogP contribution in [0.1, 0.15) is 13.8 Å². The first-order valence-electron chi connectivity index (χ1n) is 7.27. The van der Waals surface area contributed by atoms with E-state index in [0.29, 0.717) is 16.0 Å². The Morgan fingerprint density at radius 2 is 1.35 bits per heavy atom. The number of anilines is 2. The highest BCUT2D eigenvalue weighted by atomic mass is 16.6. The third-order valence-electron chi connectivity index (χ3n) is 3.60. The maximum absolute atomic E-state index is 11.7. The largest absolute Gasteiger partial charge is 0.393 e. The fourth-order valence-electron chi connectivity index (χ4n) is 2.48. The SMILES string of the molecule is CC(=O)N(C(C)=O)c1ccc(-c2ccc(N)c([N+](=O)[O-])c2)cc1[N+](=O)[O-]. The minimum absolute atomic E-state index is 0.0378. The summed E-state index contributed by atoms with van der Waals surface area (Å²) < 4.78 is 0. The van der Waals surface area contributed by atoms with Crippen LogP contribution in [-0.4, -0.2) is 21.7 Å². The van der Waals surface area contributed by atoms with E-state index in [1.165, 1.54) is 30.3 Å². The van der Waals surface area contributed by atoms with Gasteiger partial charge < -0.3 is 5.73 Å². The van der Waals surface area contributed by atoms with E-state index in [1.807, 2.05) is 0 Å². The first kappa shape index (κ1) is 18.5. The van der Waals surface area contributed by atoms with Crippen molar-refractivity contribution in [1.29, 1.82) is 0 Å². The molecule has 0 aromatic heterocycles. The van der Waals surface area contributed by atoms with Gasteiger partial charge >= 0.3 is 0 Å². The molecule has 10 heteroatoms. The highest BCUT2D eigenvalue weighted by Gasteiger charge is 2.26. The van der Waals surface area contributed by atoms with Gasteiger partial charge in [0.25, 0.3) is 11.4 Å². The lowest BCUT2D eigenvalue weighted by Crippen LogP contribution is -2.33. The zero-order valence-electron chi connectivity index (χ0n) is 13.8. The smallest absolute Gasteiger partial charge is 0.294 e. The van der Waals surface area contributed by atoms with Crippen LogP contribution in [0.3, 0.4) is 0 Å². The molecule has 0 aliphatic heterocycles. The van der Waals surface area contributed by atoms with E-state index in [4.69, 9.17) is 5.73 Å². The number of benzene rings is 2. The van der Waals surface area contributed by atoms with Crippen LogP contribution in [0.4, 0.5) is 22.7 Å². The molecule has 0 aliphatic rings. The van der Waals surface area contributed by atoms with Gasteiger partial charge in [0, 0.05) is 26.0 Å². The van der Waals surface area contributed by atoms with Crippen molar-refractivity contribution in [2.45, 2.75) is 13.8 Å². The van der Waals surface area contributed by atoms with Crippen LogP contribution < -0.4 is 10.6 Å². The Morgan fingerprint density at radius 1 is 0.885 bits per heavy atom. The molecule has 0 heterocycles. The molecule has 0 radical (unpaired) electrons. The summed E-state index contributed by atoms with van der Waals surface area (Å²) in [6.45, 7) is 2.23. The Bertz CT molecular complexity index is 926. The number of rotatable bonds is 4. The van der Waals surface area contributed by atoms with Crippen LogP contribution in [0.2, 0.25) is 0 Å². The first-order chi connectivity index (χ1) is 12.1. The number of amides is 2. The zero-order chi connectivity index (χ0) is 19.6. The molecule has 0 aliphatic carbocycles. The van der Waals surface area contributed by atoms with E-state index in [9.17, 15) is 29.8 Å². The van der Waals surface area contributed by atoms with Crippen molar-refractivity contribution in [1.82, 2.24) is 0 Å².